The van der Waals surface area contributed by atoms with Crippen LogP contribution in [0.15, 0.2) is 83.9 Å². The van der Waals surface area contributed by atoms with Gasteiger partial charge in [0.25, 0.3) is 11.5 Å². The third kappa shape index (κ3) is 7.60. The number of aromatic amines is 1. The van der Waals surface area contributed by atoms with Crippen LogP contribution in [0.25, 0.3) is 10.8 Å². The van der Waals surface area contributed by atoms with Crippen LogP contribution in [0, 0.1) is 23.0 Å². The number of carbonyl (C=O) groups excluding carboxylic acids is 1. The van der Waals surface area contributed by atoms with Gasteiger partial charge in [-0.2, -0.15) is 28.6 Å². The molecule has 19 heteroatoms. The number of H-pyrrole nitrogens is 1. The Labute approximate surface area is 355 Å². The molecule has 2 atom stereocenters. The predicted octanol–water partition coefficient (Wildman–Crippen LogP) is 7.46. The molecule has 8 rings (SSSR count). The third-order valence-corrected chi connectivity index (χ3v) is 11.3. The summed E-state index contributed by atoms with van der Waals surface area (Å²) >= 11 is 5.55. The van der Waals surface area contributed by atoms with Gasteiger partial charge in [0.15, 0.2) is 16.7 Å². The molecule has 6 aromatic rings. The lowest BCUT2D eigenvalue weighted by Gasteiger charge is -2.33. The minimum Gasteiger partial charge on any atom is -0.488 e. The number of hydrogen-bond acceptors (Lipinski definition) is 10. The summed E-state index contributed by atoms with van der Waals surface area (Å²) in [5.74, 6) is -1.86. The molecule has 13 nitrogen and oxygen atoms in total. The number of alkyl halides is 3. The van der Waals surface area contributed by atoms with Crippen LogP contribution in [0.1, 0.15) is 66.0 Å². The van der Waals surface area contributed by atoms with Gasteiger partial charge in [0, 0.05) is 36.5 Å². The maximum Gasteiger partial charge on any atom is 0.417 e. The predicted molar refractivity (Wildman–Crippen MR) is 222 cm³/mol. The monoisotopic (exact) mass is 869 g/mol. The Kier molecular flexibility index (Phi) is 11.0. The summed E-state index contributed by atoms with van der Waals surface area (Å²) in [5, 5.41) is 24.3. The van der Waals surface area contributed by atoms with Gasteiger partial charge in [-0.3, -0.25) is 19.2 Å². The van der Waals surface area contributed by atoms with Gasteiger partial charge in [0.1, 0.15) is 30.1 Å². The number of ether oxygens (including phenoxy) is 2. The summed E-state index contributed by atoms with van der Waals surface area (Å²) < 4.78 is 84.1. The van der Waals surface area contributed by atoms with Crippen molar-refractivity contribution in [3.8, 4) is 11.8 Å². The number of nitriles is 1. The Balaban J connectivity index is 0.853. The molecule has 0 radical (unpaired) electrons. The summed E-state index contributed by atoms with van der Waals surface area (Å²) in [6.45, 7) is 3.64. The van der Waals surface area contributed by atoms with Crippen molar-refractivity contribution in [1.82, 2.24) is 25.0 Å². The van der Waals surface area contributed by atoms with Gasteiger partial charge < -0.3 is 19.7 Å². The van der Waals surface area contributed by atoms with Crippen molar-refractivity contribution in [2.45, 2.75) is 50.4 Å². The maximum absolute atomic E-state index is 15.4. The molecule has 2 N–H and O–H groups in total. The lowest BCUT2D eigenvalue weighted by Crippen LogP contribution is -2.44. The first-order chi connectivity index (χ1) is 29.6. The normalized spacial score (nSPS) is 17.1. The first-order valence-corrected chi connectivity index (χ1v) is 19.7. The summed E-state index contributed by atoms with van der Waals surface area (Å²) in [4.78, 5) is 32.9. The number of benzene rings is 4. The average molecular weight is 870 g/mol. The molecule has 62 heavy (non-hydrogen) atoms. The lowest BCUT2D eigenvalue weighted by atomic mass is 9.83. The molecule has 4 heterocycles. The highest BCUT2D eigenvalue weighted by Crippen LogP contribution is 2.46. The molecule has 0 saturated carbocycles. The van der Waals surface area contributed by atoms with E-state index in [2.05, 4.69) is 25.6 Å². The van der Waals surface area contributed by atoms with Crippen molar-refractivity contribution in [3.63, 3.8) is 0 Å². The van der Waals surface area contributed by atoms with E-state index in [4.69, 9.17) is 21.7 Å². The second-order valence-electron chi connectivity index (χ2n) is 15.2. The van der Waals surface area contributed by atoms with E-state index in [0.29, 0.717) is 48.1 Å². The van der Waals surface area contributed by atoms with Crippen LogP contribution in [-0.4, -0.2) is 61.3 Å². The van der Waals surface area contributed by atoms with Crippen LogP contribution >= 0.6 is 12.2 Å². The molecule has 1 fully saturated rings. The molecule has 0 bridgehead atoms. The molecule has 0 aliphatic carbocycles. The van der Waals surface area contributed by atoms with Crippen molar-refractivity contribution in [2.75, 3.05) is 34.9 Å². The first kappa shape index (κ1) is 41.9. The van der Waals surface area contributed by atoms with Gasteiger partial charge in [-0.25, -0.2) is 18.9 Å². The molecule has 2 aliphatic heterocycles. The van der Waals surface area contributed by atoms with E-state index in [1.165, 1.54) is 61.5 Å². The fraction of sp³-hybridized carbons (Fsp3) is 0.279. The summed E-state index contributed by atoms with van der Waals surface area (Å²) in [7, 11) is 1.77. The Morgan fingerprint density at radius 3 is 2.42 bits per heavy atom. The van der Waals surface area contributed by atoms with Crippen LogP contribution < -0.4 is 25.4 Å². The van der Waals surface area contributed by atoms with Crippen molar-refractivity contribution in [1.29, 1.82) is 5.26 Å². The van der Waals surface area contributed by atoms with E-state index in [1.807, 2.05) is 24.3 Å². The van der Waals surface area contributed by atoms with Gasteiger partial charge in [0.2, 0.25) is 0 Å². The highest BCUT2D eigenvalue weighted by molar-refractivity contribution is 7.81. The van der Waals surface area contributed by atoms with Crippen molar-refractivity contribution in [3.05, 3.63) is 135 Å². The number of amides is 1. The van der Waals surface area contributed by atoms with Gasteiger partial charge in [-0.15, -0.1) is 0 Å². The molecule has 1 amide bonds. The molecule has 4 aromatic carbocycles. The Morgan fingerprint density at radius 1 is 0.968 bits per heavy atom. The molecule has 2 aliphatic rings. The summed E-state index contributed by atoms with van der Waals surface area (Å²) in [6, 6.07) is 18.5. The zero-order chi connectivity index (χ0) is 44.1. The Morgan fingerprint density at radius 2 is 1.73 bits per heavy atom. The second kappa shape index (κ2) is 16.2. The van der Waals surface area contributed by atoms with Gasteiger partial charge in [0.05, 0.1) is 52.5 Å². The first-order valence-electron chi connectivity index (χ1n) is 19.3. The molecule has 2 aromatic heterocycles. The Hall–Kier alpha value is -6.78. The number of nitrogens with one attached hydrogen (secondary N) is 2. The average Bonchev–Trinajstić information content (AvgIpc) is 3.73. The van der Waals surface area contributed by atoms with Crippen LogP contribution in [0.5, 0.6) is 5.75 Å². The molecular weight excluding hydrogens is 834 g/mol. The number of anilines is 3. The quantitative estimate of drug-likeness (QED) is 0.0716. The second-order valence-corrected chi connectivity index (χ2v) is 15.6. The van der Waals surface area contributed by atoms with E-state index in [1.54, 1.807) is 11.7 Å². The van der Waals surface area contributed by atoms with E-state index in [9.17, 15) is 32.4 Å². The number of rotatable bonds is 12. The topological polar surface area (TPSA) is 154 Å². The number of hydrogen-bond donors (Lipinski definition) is 2. The fourth-order valence-corrected chi connectivity index (χ4v) is 8.48. The van der Waals surface area contributed by atoms with Gasteiger partial charge in [-0.1, -0.05) is 24.3 Å². The standard InChI is InChI=1S/C43H36F5N9O4S/c1-42(2)40(59)56(27-11-10-25(21-49)30(19-27)43(46,47)48)41(62)57(42)28-12-13-33(31(45)20-28)61-16-15-60-14-4-5-23-6-8-24(9-7-23)36-35(38-50-22-51-55(38)3)37-34-29(39(58)54-53-37)17-26(44)18-32(34)52-36/h6-13,17-20,22,35-36,52H,4-5,14-16H2,1-3H3,(H,54,58)/t35-,36-/m1/s1. The molecule has 0 unspecified atom stereocenters. The van der Waals surface area contributed by atoms with Crippen molar-refractivity contribution in [2.24, 2.45) is 7.05 Å². The summed E-state index contributed by atoms with van der Waals surface area (Å²) in [6.07, 6.45) is -2.03. The van der Waals surface area contributed by atoms with Crippen LogP contribution in [0.3, 0.4) is 0 Å². The largest absolute Gasteiger partial charge is 0.488 e. The number of nitrogens with zero attached hydrogens (tertiary/aromatic N) is 7. The lowest BCUT2D eigenvalue weighted by molar-refractivity contribution is -0.137. The van der Waals surface area contributed by atoms with Crippen molar-refractivity contribution >= 4 is 51.1 Å². The number of thiocarbonyl (C=S) groups is 1. The number of aromatic nitrogens is 5. The number of aryl methyl sites for hydroxylation is 2. The SMILES string of the molecule is Cn1ncnc1[C@H]1c2n[nH]c(=O)c3cc(F)cc(c23)N[C@@H]1c1ccc(CCCOCCOc2ccc(N3C(=S)N(c4ccc(C#N)c(C(F)(F)F)c4)C(=O)C3(C)C)cc2F)cc1. The van der Waals surface area contributed by atoms with E-state index in [-0.39, 0.29) is 40.8 Å². The van der Waals surface area contributed by atoms with E-state index in [0.717, 1.165) is 28.2 Å². The Bertz CT molecular complexity index is 2840. The number of halogens is 5. The van der Waals surface area contributed by atoms with Gasteiger partial charge in [-0.05, 0) is 92.5 Å². The van der Waals surface area contributed by atoms with Crippen LogP contribution in [-0.2, 0) is 29.2 Å². The minimum atomic E-state index is -4.85. The fourth-order valence-electron chi connectivity index (χ4n) is 7.96. The van der Waals surface area contributed by atoms with Crippen LogP contribution in [0.4, 0.5) is 39.0 Å². The van der Waals surface area contributed by atoms with E-state index >= 15 is 4.39 Å². The van der Waals surface area contributed by atoms with E-state index < -0.39 is 57.9 Å². The van der Waals surface area contributed by atoms with Crippen LogP contribution in [0.2, 0.25) is 0 Å². The number of carbonyl (C=O) groups is 1. The molecular formula is C43H36F5N9O4S. The zero-order valence-electron chi connectivity index (χ0n) is 33.3. The minimum absolute atomic E-state index is 0.0373. The van der Waals surface area contributed by atoms with Gasteiger partial charge >= 0.3 is 6.18 Å². The molecule has 0 spiro atoms. The molecule has 318 valence electrons. The highest BCUT2D eigenvalue weighted by Gasteiger charge is 2.51. The highest BCUT2D eigenvalue weighted by atomic mass is 32.1. The summed E-state index contributed by atoms with van der Waals surface area (Å²) in [5.41, 5.74) is -0.745. The third-order valence-electron chi connectivity index (χ3n) is 11.0. The smallest absolute Gasteiger partial charge is 0.417 e. The maximum atomic E-state index is 15.4. The zero-order valence-corrected chi connectivity index (χ0v) is 34.1. The van der Waals surface area contributed by atoms with Crippen molar-refractivity contribution < 1.29 is 36.2 Å². The molecule has 1 saturated heterocycles.